The van der Waals surface area contributed by atoms with Crippen molar-refractivity contribution >= 4 is 16.8 Å². The lowest BCUT2D eigenvalue weighted by molar-refractivity contribution is 0.0383. The number of aromatic amines is 1. The highest BCUT2D eigenvalue weighted by molar-refractivity contribution is 6.08. The molecule has 1 amide bonds. The molecular weight excluding hydrogens is 278 g/mol. The molecule has 1 saturated heterocycles. The summed E-state index contributed by atoms with van der Waals surface area (Å²) < 4.78 is 5.33. The highest BCUT2D eigenvalue weighted by atomic mass is 16.5. The standard InChI is InChI=1S/C17H23N3O2/c1-12-3-4-14-15(11-12)19-13(2)16(14)17(21)18-5-6-20-7-9-22-10-8-20/h3-4,11,19H,5-10H2,1-2H3,(H,18,21). The number of fused-ring (bicyclic) bond motifs is 1. The van der Waals surface area contributed by atoms with Gasteiger partial charge in [0.05, 0.1) is 18.8 Å². The molecule has 1 aromatic carbocycles. The van der Waals surface area contributed by atoms with Gasteiger partial charge in [0.25, 0.3) is 5.91 Å². The first-order chi connectivity index (χ1) is 10.6. The summed E-state index contributed by atoms with van der Waals surface area (Å²) in [6.07, 6.45) is 0. The molecule has 1 aliphatic heterocycles. The summed E-state index contributed by atoms with van der Waals surface area (Å²) >= 11 is 0. The van der Waals surface area contributed by atoms with E-state index in [0.29, 0.717) is 6.54 Å². The highest BCUT2D eigenvalue weighted by Gasteiger charge is 2.16. The Morgan fingerprint density at radius 2 is 2.09 bits per heavy atom. The van der Waals surface area contributed by atoms with E-state index in [2.05, 4.69) is 28.2 Å². The fraction of sp³-hybridized carbons (Fsp3) is 0.471. The number of H-pyrrole nitrogens is 1. The van der Waals surface area contributed by atoms with Crippen LogP contribution in [0.5, 0.6) is 0 Å². The van der Waals surface area contributed by atoms with E-state index in [1.165, 1.54) is 5.56 Å². The van der Waals surface area contributed by atoms with Gasteiger partial charge in [-0.05, 0) is 25.5 Å². The zero-order chi connectivity index (χ0) is 15.5. The number of ether oxygens (including phenoxy) is 1. The minimum Gasteiger partial charge on any atom is -0.379 e. The maximum absolute atomic E-state index is 12.5. The summed E-state index contributed by atoms with van der Waals surface area (Å²) in [4.78, 5) is 18.1. The van der Waals surface area contributed by atoms with Gasteiger partial charge >= 0.3 is 0 Å². The van der Waals surface area contributed by atoms with Crippen LogP contribution in [0.4, 0.5) is 0 Å². The summed E-state index contributed by atoms with van der Waals surface area (Å²) in [6, 6.07) is 6.14. The van der Waals surface area contributed by atoms with Crippen molar-refractivity contribution in [2.24, 2.45) is 0 Å². The topological polar surface area (TPSA) is 57.4 Å². The van der Waals surface area contributed by atoms with Gasteiger partial charge in [-0.25, -0.2) is 0 Å². The Hall–Kier alpha value is -1.85. The number of amides is 1. The van der Waals surface area contributed by atoms with Crippen LogP contribution in [0.15, 0.2) is 18.2 Å². The molecule has 0 saturated carbocycles. The first-order valence-electron chi connectivity index (χ1n) is 7.82. The number of morpholine rings is 1. The van der Waals surface area contributed by atoms with Crippen LogP contribution in [0.1, 0.15) is 21.6 Å². The van der Waals surface area contributed by atoms with Crippen LogP contribution in [0.3, 0.4) is 0 Å². The first-order valence-corrected chi connectivity index (χ1v) is 7.82. The Balaban J connectivity index is 1.65. The van der Waals surface area contributed by atoms with Gasteiger partial charge in [0.2, 0.25) is 0 Å². The minimum atomic E-state index is 0.000799. The molecule has 0 aliphatic carbocycles. The molecule has 0 spiro atoms. The molecule has 22 heavy (non-hydrogen) atoms. The lowest BCUT2D eigenvalue weighted by Gasteiger charge is -2.26. The molecule has 118 valence electrons. The van der Waals surface area contributed by atoms with Gasteiger partial charge in [0.1, 0.15) is 0 Å². The van der Waals surface area contributed by atoms with Gasteiger partial charge < -0.3 is 15.0 Å². The van der Waals surface area contributed by atoms with Crippen molar-refractivity contribution in [3.8, 4) is 0 Å². The van der Waals surface area contributed by atoms with Crippen LogP contribution in [-0.4, -0.2) is 55.2 Å². The second kappa shape index (κ2) is 6.50. The van der Waals surface area contributed by atoms with Crippen molar-refractivity contribution in [3.05, 3.63) is 35.0 Å². The van der Waals surface area contributed by atoms with Crippen LogP contribution in [-0.2, 0) is 4.74 Å². The van der Waals surface area contributed by atoms with Crippen LogP contribution in [0.25, 0.3) is 10.9 Å². The molecule has 1 fully saturated rings. The van der Waals surface area contributed by atoms with Crippen molar-refractivity contribution in [2.75, 3.05) is 39.4 Å². The van der Waals surface area contributed by atoms with E-state index in [9.17, 15) is 4.79 Å². The van der Waals surface area contributed by atoms with Crippen molar-refractivity contribution in [1.82, 2.24) is 15.2 Å². The molecule has 2 N–H and O–H groups in total. The van der Waals surface area contributed by atoms with E-state index >= 15 is 0 Å². The Labute approximate surface area is 130 Å². The summed E-state index contributed by atoms with van der Waals surface area (Å²) in [6.45, 7) is 9.00. The molecule has 5 heteroatoms. The minimum absolute atomic E-state index is 0.000799. The van der Waals surface area contributed by atoms with Crippen LogP contribution in [0.2, 0.25) is 0 Å². The molecule has 0 unspecified atom stereocenters. The SMILES string of the molecule is Cc1ccc2c(C(=O)NCCN3CCOCC3)c(C)[nH]c2c1. The van der Waals surface area contributed by atoms with E-state index in [0.717, 1.165) is 55.0 Å². The number of nitrogens with zero attached hydrogens (tertiary/aromatic N) is 1. The van der Waals surface area contributed by atoms with Gasteiger partial charge in [-0.2, -0.15) is 0 Å². The van der Waals surface area contributed by atoms with E-state index in [1.807, 2.05) is 19.1 Å². The Bertz CT molecular complexity index is 672. The normalized spacial score (nSPS) is 16.1. The number of carbonyl (C=O) groups is 1. The van der Waals surface area contributed by atoms with Gasteiger partial charge in [-0.3, -0.25) is 9.69 Å². The predicted molar refractivity (Wildman–Crippen MR) is 87.4 cm³/mol. The third-order valence-corrected chi connectivity index (χ3v) is 4.19. The Morgan fingerprint density at radius 3 is 2.86 bits per heavy atom. The highest BCUT2D eigenvalue weighted by Crippen LogP contribution is 2.22. The van der Waals surface area contributed by atoms with Gasteiger partial charge in [-0.15, -0.1) is 0 Å². The molecule has 5 nitrogen and oxygen atoms in total. The number of aromatic nitrogens is 1. The van der Waals surface area contributed by atoms with Crippen LogP contribution >= 0.6 is 0 Å². The van der Waals surface area contributed by atoms with Crippen molar-refractivity contribution in [2.45, 2.75) is 13.8 Å². The molecule has 0 bridgehead atoms. The lowest BCUT2D eigenvalue weighted by atomic mass is 10.1. The average molecular weight is 301 g/mol. The van der Waals surface area contributed by atoms with Gasteiger partial charge in [-0.1, -0.05) is 12.1 Å². The second-order valence-corrected chi connectivity index (χ2v) is 5.88. The molecule has 0 atom stereocenters. The molecular formula is C17H23N3O2. The number of carbonyl (C=O) groups excluding carboxylic acids is 1. The molecule has 1 aliphatic rings. The maximum Gasteiger partial charge on any atom is 0.253 e. The molecule has 3 rings (SSSR count). The Kier molecular flexibility index (Phi) is 4.45. The van der Waals surface area contributed by atoms with E-state index in [4.69, 9.17) is 4.74 Å². The largest absolute Gasteiger partial charge is 0.379 e. The molecule has 1 aromatic heterocycles. The second-order valence-electron chi connectivity index (χ2n) is 5.88. The van der Waals surface area contributed by atoms with Gasteiger partial charge in [0, 0.05) is 42.8 Å². The monoisotopic (exact) mass is 301 g/mol. The third-order valence-electron chi connectivity index (χ3n) is 4.19. The molecule has 2 aromatic rings. The quantitative estimate of drug-likeness (QED) is 0.906. The molecule has 2 heterocycles. The third kappa shape index (κ3) is 3.15. The maximum atomic E-state index is 12.5. The van der Waals surface area contributed by atoms with Crippen LogP contribution in [0, 0.1) is 13.8 Å². The first kappa shape index (κ1) is 15.1. The number of benzene rings is 1. The van der Waals surface area contributed by atoms with E-state index < -0.39 is 0 Å². The zero-order valence-corrected chi connectivity index (χ0v) is 13.2. The molecule has 0 radical (unpaired) electrons. The van der Waals surface area contributed by atoms with Crippen molar-refractivity contribution < 1.29 is 9.53 Å². The summed E-state index contributed by atoms with van der Waals surface area (Å²) in [7, 11) is 0. The van der Waals surface area contributed by atoms with Gasteiger partial charge in [0.15, 0.2) is 0 Å². The zero-order valence-electron chi connectivity index (χ0n) is 13.2. The average Bonchev–Trinajstić information content (AvgIpc) is 2.83. The number of nitrogens with one attached hydrogen (secondary N) is 2. The lowest BCUT2D eigenvalue weighted by Crippen LogP contribution is -2.41. The number of hydrogen-bond donors (Lipinski definition) is 2. The summed E-state index contributed by atoms with van der Waals surface area (Å²) in [5, 5.41) is 4.03. The van der Waals surface area contributed by atoms with E-state index in [-0.39, 0.29) is 5.91 Å². The number of aryl methyl sites for hydroxylation is 2. The summed E-state index contributed by atoms with van der Waals surface area (Å²) in [5.74, 6) is 0.000799. The number of hydrogen-bond acceptors (Lipinski definition) is 3. The number of rotatable bonds is 4. The predicted octanol–water partition coefficient (Wildman–Crippen LogP) is 1.85. The van der Waals surface area contributed by atoms with Crippen molar-refractivity contribution in [3.63, 3.8) is 0 Å². The fourth-order valence-electron chi connectivity index (χ4n) is 2.98. The van der Waals surface area contributed by atoms with Crippen molar-refractivity contribution in [1.29, 1.82) is 0 Å². The Morgan fingerprint density at radius 1 is 1.32 bits per heavy atom. The fourth-order valence-corrected chi connectivity index (χ4v) is 2.98. The summed E-state index contributed by atoms with van der Waals surface area (Å²) in [5.41, 5.74) is 3.89. The smallest absolute Gasteiger partial charge is 0.253 e. The van der Waals surface area contributed by atoms with E-state index in [1.54, 1.807) is 0 Å². The van der Waals surface area contributed by atoms with Crippen LogP contribution < -0.4 is 5.32 Å².